The minimum Gasteiger partial charge on any atom is -0.508 e. The smallest absolute Gasteiger partial charge is 0.255 e. The van der Waals surface area contributed by atoms with Gasteiger partial charge < -0.3 is 26.2 Å². The van der Waals surface area contributed by atoms with Gasteiger partial charge in [-0.15, -0.1) is 0 Å². The molecule has 9 heteroatoms. The Morgan fingerprint density at radius 3 is 2.42 bits per heavy atom. The number of fused-ring (bicyclic) bond motifs is 3. The first kappa shape index (κ1) is 25.4. The van der Waals surface area contributed by atoms with Crippen LogP contribution < -0.4 is 5.73 Å². The molecule has 4 rings (SSSR count). The molecule has 0 unspecified atom stereocenters. The molecule has 1 saturated carbocycles. The number of hydrogen-bond acceptors (Lipinski definition) is 8. The van der Waals surface area contributed by atoms with Crippen LogP contribution in [-0.4, -0.2) is 49.3 Å². The number of hydrogen-bond donors (Lipinski definition) is 5. The number of nitrogens with two attached hydrogens (primary N) is 1. The lowest BCUT2D eigenvalue weighted by Crippen LogP contribution is -2.58. The predicted octanol–water partition coefficient (Wildman–Crippen LogP) is 2.44. The van der Waals surface area contributed by atoms with E-state index in [0.29, 0.717) is 17.5 Å². The van der Waals surface area contributed by atoms with Crippen LogP contribution in [0.3, 0.4) is 0 Å². The topological polar surface area (TPSA) is 175 Å². The molecule has 0 aliphatic heterocycles. The number of allylic oxidation sites excluding steroid dienone is 1. The molecule has 0 spiro atoms. The van der Waals surface area contributed by atoms with Crippen LogP contribution >= 0.6 is 0 Å². The Morgan fingerprint density at radius 2 is 1.81 bits per heavy atom. The first-order chi connectivity index (χ1) is 16.7. The Bertz CT molecular complexity index is 1310. The van der Waals surface area contributed by atoms with Crippen LogP contribution in [0.25, 0.3) is 11.8 Å². The second kappa shape index (κ2) is 8.44. The van der Waals surface area contributed by atoms with Crippen LogP contribution in [0.2, 0.25) is 0 Å². The highest BCUT2D eigenvalue weighted by Gasteiger charge is 2.60. The van der Waals surface area contributed by atoms with Crippen molar-refractivity contribution in [2.75, 3.05) is 0 Å². The molecule has 3 aliphatic rings. The number of aromatic hydroxyl groups is 1. The normalized spacial score (nSPS) is 26.1. The average molecular weight is 496 g/mol. The number of carbonyl (C=O) groups excluding carboxylic acids is 4. The Kier molecular flexibility index (Phi) is 5.95. The van der Waals surface area contributed by atoms with Gasteiger partial charge >= 0.3 is 0 Å². The molecule has 0 heterocycles. The summed E-state index contributed by atoms with van der Waals surface area (Å²) < 4.78 is 0. The van der Waals surface area contributed by atoms with Crippen LogP contribution in [0, 0.1) is 17.3 Å². The monoisotopic (exact) mass is 495 g/mol. The van der Waals surface area contributed by atoms with Gasteiger partial charge in [-0.1, -0.05) is 32.9 Å². The van der Waals surface area contributed by atoms with Crippen LogP contribution in [-0.2, 0) is 25.6 Å². The number of benzene rings is 1. The standard InChI is InChI=1S/C27H29NO8/c1-26(2,3)11-15(29)6-4-12-5-7-17(30)20-16(12)9-13-8-14-10-18(31)21(25(28)35)24(34)27(14,36)23(33)19(13)22(20)32/h4-7,13-14,30,32,34,36H,8-11H2,1-3H3,(H2,28,35)/b6-4+/t13-,14+,27+/m1/s1. The molecule has 3 atom stereocenters. The maximum Gasteiger partial charge on any atom is 0.255 e. The summed E-state index contributed by atoms with van der Waals surface area (Å²) in [6.07, 6.45) is 3.21. The van der Waals surface area contributed by atoms with Crippen LogP contribution in [0.1, 0.15) is 56.7 Å². The van der Waals surface area contributed by atoms with E-state index in [2.05, 4.69) is 0 Å². The fourth-order valence-corrected chi connectivity index (χ4v) is 5.57. The molecule has 1 fully saturated rings. The molecule has 0 bridgehead atoms. The van der Waals surface area contributed by atoms with Crippen molar-refractivity contribution in [3.05, 3.63) is 51.8 Å². The SMILES string of the molecule is CC(C)(C)CC(=O)/C=C/c1ccc(O)c2c1C[C@H]1C[C@H]3CC(=O)C(C(N)=O)=C(O)[C@@]3(O)C(=O)C1=C2O. The summed E-state index contributed by atoms with van der Waals surface area (Å²) in [5.74, 6) is -6.80. The molecule has 190 valence electrons. The van der Waals surface area contributed by atoms with Crippen molar-refractivity contribution >= 4 is 35.1 Å². The lowest BCUT2D eigenvalue weighted by atomic mass is 9.59. The van der Waals surface area contributed by atoms with Gasteiger partial charge in [-0.3, -0.25) is 19.2 Å². The third kappa shape index (κ3) is 3.93. The number of rotatable bonds is 4. The largest absolute Gasteiger partial charge is 0.508 e. The first-order valence-electron chi connectivity index (χ1n) is 11.7. The Balaban J connectivity index is 1.81. The molecule has 1 aromatic rings. The molecule has 0 radical (unpaired) electrons. The highest BCUT2D eigenvalue weighted by atomic mass is 16.3. The van der Waals surface area contributed by atoms with Crippen molar-refractivity contribution < 1.29 is 39.6 Å². The zero-order chi connectivity index (χ0) is 26.7. The molecule has 1 amide bonds. The summed E-state index contributed by atoms with van der Waals surface area (Å²) in [4.78, 5) is 50.0. The zero-order valence-electron chi connectivity index (χ0n) is 20.3. The Morgan fingerprint density at radius 1 is 1.14 bits per heavy atom. The molecule has 36 heavy (non-hydrogen) atoms. The number of primary amides is 1. The summed E-state index contributed by atoms with van der Waals surface area (Å²) in [6.45, 7) is 5.84. The van der Waals surface area contributed by atoms with E-state index in [0.717, 1.165) is 0 Å². The van der Waals surface area contributed by atoms with E-state index in [1.165, 1.54) is 12.1 Å². The number of phenolic OH excluding ortho intramolecular Hbond substituents is 1. The van der Waals surface area contributed by atoms with Crippen molar-refractivity contribution in [3.8, 4) is 5.75 Å². The van der Waals surface area contributed by atoms with Gasteiger partial charge in [0.05, 0.1) is 5.56 Å². The second-order valence-corrected chi connectivity index (χ2v) is 11.0. The molecule has 6 N–H and O–H groups in total. The zero-order valence-corrected chi connectivity index (χ0v) is 20.3. The predicted molar refractivity (Wildman–Crippen MR) is 129 cm³/mol. The van der Waals surface area contributed by atoms with E-state index >= 15 is 0 Å². The average Bonchev–Trinajstić information content (AvgIpc) is 2.74. The number of amides is 1. The maximum absolute atomic E-state index is 13.5. The van der Waals surface area contributed by atoms with E-state index in [1.807, 2.05) is 20.8 Å². The Hall–Kier alpha value is -3.72. The van der Waals surface area contributed by atoms with Crippen molar-refractivity contribution in [1.29, 1.82) is 0 Å². The minimum absolute atomic E-state index is 0.00690. The number of Topliss-reactive ketones (excluding diaryl/α,β-unsaturated/α-hetero) is 2. The van der Waals surface area contributed by atoms with Gasteiger partial charge in [0.15, 0.2) is 17.2 Å². The van der Waals surface area contributed by atoms with Gasteiger partial charge in [-0.2, -0.15) is 0 Å². The number of aliphatic hydroxyl groups excluding tert-OH is 2. The first-order valence-corrected chi connectivity index (χ1v) is 11.7. The van der Waals surface area contributed by atoms with E-state index in [4.69, 9.17) is 5.73 Å². The summed E-state index contributed by atoms with van der Waals surface area (Å²) >= 11 is 0. The minimum atomic E-state index is -2.60. The van der Waals surface area contributed by atoms with E-state index in [1.54, 1.807) is 12.1 Å². The molecule has 1 aromatic carbocycles. The van der Waals surface area contributed by atoms with Crippen molar-refractivity contribution in [2.45, 2.75) is 52.1 Å². The highest BCUT2D eigenvalue weighted by Crippen LogP contribution is 2.52. The van der Waals surface area contributed by atoms with E-state index in [-0.39, 0.29) is 47.3 Å². The molecule has 0 aromatic heterocycles. The van der Waals surface area contributed by atoms with Crippen LogP contribution in [0.4, 0.5) is 0 Å². The summed E-state index contributed by atoms with van der Waals surface area (Å²) in [6, 6.07) is 2.93. The van der Waals surface area contributed by atoms with Gasteiger partial charge in [0.25, 0.3) is 5.91 Å². The highest BCUT2D eigenvalue weighted by molar-refractivity contribution is 6.22. The van der Waals surface area contributed by atoms with Crippen molar-refractivity contribution in [2.24, 2.45) is 23.0 Å². The van der Waals surface area contributed by atoms with Gasteiger partial charge in [-0.05, 0) is 47.4 Å². The number of phenols is 1. The third-order valence-electron chi connectivity index (χ3n) is 7.14. The van der Waals surface area contributed by atoms with Crippen LogP contribution in [0.5, 0.6) is 5.75 Å². The van der Waals surface area contributed by atoms with Crippen molar-refractivity contribution in [1.82, 2.24) is 0 Å². The lowest BCUT2D eigenvalue weighted by molar-refractivity contribution is -0.147. The second-order valence-electron chi connectivity index (χ2n) is 11.0. The number of carbonyl (C=O) groups is 4. The van der Waals surface area contributed by atoms with Gasteiger partial charge in [-0.25, -0.2) is 0 Å². The summed E-state index contributed by atoms with van der Waals surface area (Å²) in [7, 11) is 0. The Labute approximate surface area is 207 Å². The molecule has 3 aliphatic carbocycles. The third-order valence-corrected chi connectivity index (χ3v) is 7.14. The quantitative estimate of drug-likeness (QED) is 0.312. The number of ketones is 3. The fraction of sp³-hybridized carbons (Fsp3) is 0.407. The van der Waals surface area contributed by atoms with Gasteiger partial charge in [0, 0.05) is 24.3 Å². The molecule has 0 saturated heterocycles. The molecule has 9 nitrogen and oxygen atoms in total. The number of aliphatic hydroxyl groups is 3. The van der Waals surface area contributed by atoms with Crippen molar-refractivity contribution in [3.63, 3.8) is 0 Å². The van der Waals surface area contributed by atoms with E-state index < -0.39 is 52.0 Å². The van der Waals surface area contributed by atoms with E-state index in [9.17, 15) is 39.6 Å². The van der Waals surface area contributed by atoms with Gasteiger partial charge in [0.2, 0.25) is 5.78 Å². The maximum atomic E-state index is 13.5. The van der Waals surface area contributed by atoms with Crippen LogP contribution in [0.15, 0.2) is 35.1 Å². The fourth-order valence-electron chi connectivity index (χ4n) is 5.57. The summed E-state index contributed by atoms with van der Waals surface area (Å²) in [5.41, 5.74) is 2.45. The van der Waals surface area contributed by atoms with Gasteiger partial charge in [0.1, 0.15) is 22.8 Å². The molecular formula is C27H29NO8. The summed E-state index contributed by atoms with van der Waals surface area (Å²) in [5, 5.41) is 43.5. The lowest BCUT2D eigenvalue weighted by Gasteiger charge is -2.46. The molecular weight excluding hydrogens is 466 g/mol.